The first-order valence-electron chi connectivity index (χ1n) is 19.3. The lowest BCUT2D eigenvalue weighted by molar-refractivity contribution is 0.0881. The van der Waals surface area contributed by atoms with Crippen LogP contribution < -0.4 is 20.5 Å². The van der Waals surface area contributed by atoms with Crippen LogP contribution in [0.3, 0.4) is 0 Å². The van der Waals surface area contributed by atoms with Crippen molar-refractivity contribution in [3.63, 3.8) is 0 Å². The fourth-order valence-electron chi connectivity index (χ4n) is 7.59. The van der Waals surface area contributed by atoms with Gasteiger partial charge in [-0.3, -0.25) is 4.79 Å². The molecule has 0 heterocycles. The highest BCUT2D eigenvalue weighted by Crippen LogP contribution is 2.40. The van der Waals surface area contributed by atoms with Crippen LogP contribution in [-0.4, -0.2) is 31.6 Å². The van der Waals surface area contributed by atoms with E-state index in [0.717, 1.165) is 72.6 Å². The van der Waals surface area contributed by atoms with Crippen LogP contribution in [-0.2, 0) is 6.54 Å². The summed E-state index contributed by atoms with van der Waals surface area (Å²) in [5.74, 6) is 3.54. The third-order valence-electron chi connectivity index (χ3n) is 10.9. The zero-order valence-electron chi connectivity index (χ0n) is 32.8. The molecule has 0 aromatic heterocycles. The number of carbonyl (C=O) groups is 1. The van der Waals surface area contributed by atoms with Crippen LogP contribution in [0.5, 0.6) is 11.5 Å². The summed E-state index contributed by atoms with van der Waals surface area (Å²) in [6.45, 7) is 15.3. The van der Waals surface area contributed by atoms with Crippen molar-refractivity contribution in [3.05, 3.63) is 83.9 Å². The molecule has 3 N–H and O–H groups in total. The van der Waals surface area contributed by atoms with E-state index >= 15 is 0 Å². The molecule has 7 heteroatoms. The zero-order chi connectivity index (χ0) is 38.4. The van der Waals surface area contributed by atoms with Crippen LogP contribution in [0.1, 0.15) is 116 Å². The Bertz CT molecular complexity index is 1840. The van der Waals surface area contributed by atoms with E-state index in [-0.39, 0.29) is 14.0 Å². The second-order valence-corrected chi connectivity index (χ2v) is 16.8. The minimum absolute atomic E-state index is 0. The predicted octanol–water partition coefficient (Wildman–Crippen LogP) is 11.2. The average molecular weight is 733 g/mol. The van der Waals surface area contributed by atoms with Gasteiger partial charge < -0.3 is 20.5 Å². The second-order valence-electron chi connectivity index (χ2n) is 16.8. The number of benzene rings is 4. The summed E-state index contributed by atoms with van der Waals surface area (Å²) in [6, 6.07) is 28.5. The van der Waals surface area contributed by atoms with Gasteiger partial charge in [0.25, 0.3) is 0 Å². The normalized spacial score (nSPS) is 19.7. The molecule has 4 aromatic rings. The minimum atomic E-state index is 0. The number of hydrogen-bond donors (Lipinski definition) is 2. The molecule has 2 fully saturated rings. The van der Waals surface area contributed by atoms with Crippen LogP contribution in [0.15, 0.2) is 72.8 Å². The number of carbonyl (C=O) groups excluding carboxylic acids is 1. The smallest absolute Gasteiger partial charge is 0.150 e. The Labute approximate surface area is 325 Å². The second kappa shape index (κ2) is 20.9. The lowest BCUT2D eigenvalue weighted by Gasteiger charge is -2.37. The van der Waals surface area contributed by atoms with Gasteiger partial charge in [0.05, 0.1) is 37.4 Å². The fraction of sp³-hybridized carbons (Fsp3) is 0.511. The fourth-order valence-corrected chi connectivity index (χ4v) is 7.59. The van der Waals surface area contributed by atoms with Crippen LogP contribution in [0.4, 0.5) is 0 Å². The van der Waals surface area contributed by atoms with Gasteiger partial charge in [0, 0.05) is 12.1 Å². The van der Waals surface area contributed by atoms with Crippen molar-refractivity contribution in [1.82, 2.24) is 5.32 Å². The number of fused-ring (bicyclic) bond motifs is 2. The van der Waals surface area contributed by atoms with Gasteiger partial charge in [0.15, 0.2) is 0 Å². The van der Waals surface area contributed by atoms with E-state index in [0.29, 0.717) is 35.1 Å². The van der Waals surface area contributed by atoms with Gasteiger partial charge in [-0.2, -0.15) is 10.5 Å². The maximum atomic E-state index is 10.9. The lowest BCUT2D eigenvalue weighted by Crippen LogP contribution is -2.30. The number of nitrogens with one attached hydrogen (secondary N) is 1. The van der Waals surface area contributed by atoms with E-state index in [4.69, 9.17) is 20.0 Å². The van der Waals surface area contributed by atoms with Crippen LogP contribution in [0.25, 0.3) is 21.5 Å². The summed E-state index contributed by atoms with van der Waals surface area (Å²) >= 11 is 0. The number of nitrogens with zero attached hydrogens (tertiary/aromatic N) is 2. The molecule has 0 bridgehead atoms. The molecule has 6 rings (SSSR count). The molecule has 0 unspecified atom stereocenters. The van der Waals surface area contributed by atoms with Gasteiger partial charge in [-0.05, 0) is 138 Å². The number of aldehydes is 1. The summed E-state index contributed by atoms with van der Waals surface area (Å²) in [4.78, 5) is 10.9. The highest BCUT2D eigenvalue weighted by molar-refractivity contribution is 5.89. The molecule has 2 aliphatic rings. The third-order valence-corrected chi connectivity index (χ3v) is 10.9. The van der Waals surface area contributed by atoms with Gasteiger partial charge in [0.2, 0.25) is 0 Å². The highest BCUT2D eigenvalue weighted by Gasteiger charge is 2.31. The zero-order valence-corrected chi connectivity index (χ0v) is 32.8. The van der Waals surface area contributed by atoms with Gasteiger partial charge in [-0.15, -0.1) is 0 Å². The molecule has 290 valence electrons. The first-order valence-corrected chi connectivity index (χ1v) is 19.3. The first kappa shape index (κ1) is 44.0. The van der Waals surface area contributed by atoms with Crippen molar-refractivity contribution < 1.29 is 14.3 Å². The summed E-state index contributed by atoms with van der Waals surface area (Å²) in [7, 11) is 0. The van der Waals surface area contributed by atoms with Crippen LogP contribution in [0.2, 0.25) is 0 Å². The Morgan fingerprint density at radius 3 is 1.52 bits per heavy atom. The van der Waals surface area contributed by atoms with E-state index < -0.39 is 0 Å². The number of hydrogen-bond acceptors (Lipinski definition) is 7. The first-order chi connectivity index (χ1) is 25.3. The summed E-state index contributed by atoms with van der Waals surface area (Å²) in [6.07, 6.45) is 11.2. The maximum absolute atomic E-state index is 10.9. The maximum Gasteiger partial charge on any atom is 0.150 e. The monoisotopic (exact) mass is 732 g/mol. The van der Waals surface area contributed by atoms with Gasteiger partial charge in [-0.25, -0.2) is 0 Å². The molecule has 2 aliphatic carbocycles. The van der Waals surface area contributed by atoms with Crippen LogP contribution >= 0.6 is 0 Å². The van der Waals surface area contributed by atoms with Crippen molar-refractivity contribution in [3.8, 4) is 23.6 Å². The van der Waals surface area contributed by atoms with Crippen molar-refractivity contribution in [1.29, 1.82) is 10.5 Å². The molecule has 0 radical (unpaired) electrons. The van der Waals surface area contributed by atoms with Crippen molar-refractivity contribution in [2.45, 2.75) is 119 Å². The molecule has 2 saturated carbocycles. The Kier molecular flexibility index (Phi) is 17.0. The van der Waals surface area contributed by atoms with E-state index in [2.05, 4.69) is 101 Å². The molecule has 4 aromatic carbocycles. The number of nitriles is 2. The molecular weight excluding hydrogens is 669 g/mol. The Balaban J connectivity index is 0.000000261. The quantitative estimate of drug-likeness (QED) is 0.105. The van der Waals surface area contributed by atoms with E-state index in [1.165, 1.54) is 42.0 Å². The van der Waals surface area contributed by atoms with Gasteiger partial charge in [0.1, 0.15) is 17.8 Å². The average Bonchev–Trinajstić information content (AvgIpc) is 3.15. The predicted molar refractivity (Wildman–Crippen MR) is 224 cm³/mol. The van der Waals surface area contributed by atoms with Crippen molar-refractivity contribution >= 4 is 27.8 Å². The minimum Gasteiger partial charge on any atom is -0.490 e. The Morgan fingerprint density at radius 2 is 1.09 bits per heavy atom. The van der Waals surface area contributed by atoms with E-state index in [1.54, 1.807) is 6.07 Å². The topological polar surface area (TPSA) is 121 Å². The van der Waals surface area contributed by atoms with Gasteiger partial charge in [-0.1, -0.05) is 85.4 Å². The SMILES string of the molecule is C.CC(C)(C)C1CCC(Oc2ccc3cc(C=O)ccc3c2)CC1.CC(C)(C)C1CCC(Oc2ccc3cc(CNCC#N)ccc3c2)CC1.N#CCN. The van der Waals surface area contributed by atoms with Crippen molar-refractivity contribution in [2.75, 3.05) is 13.1 Å². The van der Waals surface area contributed by atoms with Crippen molar-refractivity contribution in [2.24, 2.45) is 28.4 Å². The molecule has 7 nitrogen and oxygen atoms in total. The molecule has 0 amide bonds. The Morgan fingerprint density at radius 1 is 0.667 bits per heavy atom. The Hall–Kier alpha value is -4.43. The molecule has 0 spiro atoms. The van der Waals surface area contributed by atoms with E-state index in [1.807, 2.05) is 30.3 Å². The highest BCUT2D eigenvalue weighted by atomic mass is 16.5. The summed E-state index contributed by atoms with van der Waals surface area (Å²) in [5.41, 5.74) is 7.39. The molecule has 0 atom stereocenters. The van der Waals surface area contributed by atoms with Crippen LogP contribution in [0, 0.1) is 45.3 Å². The van der Waals surface area contributed by atoms with E-state index in [9.17, 15) is 4.79 Å². The largest absolute Gasteiger partial charge is 0.490 e. The molecule has 0 aliphatic heterocycles. The van der Waals surface area contributed by atoms with Gasteiger partial charge >= 0.3 is 0 Å². The molecule has 54 heavy (non-hydrogen) atoms. The standard InChI is InChI=1S/C23H30N2O.C21H26O2.C2H4N2.CH4/c1-23(2,3)20-7-10-21(11-8-20)26-22-9-6-18-14-17(16-25-13-12-24)4-5-19(18)15-22;1-21(2,3)18-7-10-19(11-8-18)23-20-9-6-16-12-15(14-22)4-5-17(16)13-20;3-1-2-4;/h4-6,9,14-15,20-21,25H,7-8,10-11,13,16H2,1-3H3;4-6,9,12-14,18-19H,7-8,10-11H2,1-3H3;1,3H2;1H4. The number of rotatable bonds is 8. The summed E-state index contributed by atoms with van der Waals surface area (Å²) < 4.78 is 12.5. The molecular formula is C47H64N4O3. The third kappa shape index (κ3) is 13.5. The lowest BCUT2D eigenvalue weighted by atomic mass is 9.72. The summed E-state index contributed by atoms with van der Waals surface area (Å²) in [5, 5.41) is 23.8. The molecule has 0 saturated heterocycles. The number of ether oxygens (including phenoxy) is 2. The number of nitrogens with two attached hydrogens (primary N) is 1.